The zero-order valence-electron chi connectivity index (χ0n) is 11.2. The van der Waals surface area contributed by atoms with Gasteiger partial charge < -0.3 is 20.1 Å². The van der Waals surface area contributed by atoms with Crippen LogP contribution in [-0.4, -0.2) is 60.1 Å². The van der Waals surface area contributed by atoms with Crippen molar-refractivity contribution in [1.29, 1.82) is 0 Å². The smallest absolute Gasteiger partial charge is 0.306 e. The maximum atomic E-state index is 11.0. The second-order valence-electron chi connectivity index (χ2n) is 4.05. The van der Waals surface area contributed by atoms with E-state index >= 15 is 0 Å². The summed E-state index contributed by atoms with van der Waals surface area (Å²) in [6.07, 6.45) is 0.305. The van der Waals surface area contributed by atoms with E-state index < -0.39 is 0 Å². The van der Waals surface area contributed by atoms with E-state index in [4.69, 9.17) is 10.5 Å². The van der Waals surface area contributed by atoms with Gasteiger partial charge >= 0.3 is 5.97 Å². The van der Waals surface area contributed by atoms with E-state index in [1.165, 1.54) is 18.9 Å². The van der Waals surface area contributed by atoms with E-state index in [0.717, 1.165) is 13.1 Å². The molecule has 0 saturated carbocycles. The summed E-state index contributed by atoms with van der Waals surface area (Å²) in [6, 6.07) is 0. The van der Waals surface area contributed by atoms with Gasteiger partial charge in [-0.1, -0.05) is 11.8 Å². The van der Waals surface area contributed by atoms with Crippen molar-refractivity contribution >= 4 is 29.6 Å². The number of nitrogen functional groups attached to an aromatic ring is 1. The lowest BCUT2D eigenvalue weighted by Crippen LogP contribution is -2.37. The van der Waals surface area contributed by atoms with E-state index in [-0.39, 0.29) is 11.9 Å². The quantitative estimate of drug-likeness (QED) is 0.591. The van der Waals surface area contributed by atoms with Crippen LogP contribution in [0.4, 0.5) is 11.9 Å². The van der Waals surface area contributed by atoms with Crippen LogP contribution in [0.5, 0.6) is 0 Å². The predicted octanol–water partition coefficient (Wildman–Crippen LogP) is -0.0544. The van der Waals surface area contributed by atoms with Gasteiger partial charge in [0.25, 0.3) is 0 Å². The van der Waals surface area contributed by atoms with Crippen LogP contribution in [0, 0.1) is 0 Å². The number of thioether (sulfide) groups is 1. The van der Waals surface area contributed by atoms with Gasteiger partial charge in [-0.25, -0.2) is 0 Å². The summed E-state index contributed by atoms with van der Waals surface area (Å²) in [5.74, 6) is 1.02. The van der Waals surface area contributed by atoms with E-state index in [0.29, 0.717) is 36.5 Å². The third kappa shape index (κ3) is 4.20. The fourth-order valence-electron chi connectivity index (χ4n) is 1.66. The first-order chi connectivity index (χ1) is 9.69. The second-order valence-corrected chi connectivity index (χ2v) is 5.11. The maximum absolute atomic E-state index is 11.0. The Labute approximate surface area is 121 Å². The summed E-state index contributed by atoms with van der Waals surface area (Å²) in [6.45, 7) is 2.76. The molecule has 2 heterocycles. The molecule has 0 atom stereocenters. The molecule has 1 aliphatic rings. The van der Waals surface area contributed by atoms with Crippen molar-refractivity contribution in [1.82, 2.24) is 15.0 Å². The molecule has 2 rings (SSSR count). The largest absolute Gasteiger partial charge is 0.469 e. The summed E-state index contributed by atoms with van der Waals surface area (Å²) in [5.41, 5.74) is 5.70. The molecule has 0 aromatic carbocycles. The molecule has 0 unspecified atom stereocenters. The molecular weight excluding hydrogens is 282 g/mol. The third-order valence-corrected chi connectivity index (χ3v) is 3.53. The number of aromatic nitrogens is 3. The molecule has 0 radical (unpaired) electrons. The van der Waals surface area contributed by atoms with Crippen molar-refractivity contribution in [2.45, 2.75) is 11.6 Å². The number of carbonyl (C=O) groups is 1. The van der Waals surface area contributed by atoms with Gasteiger partial charge in [0.05, 0.1) is 26.7 Å². The molecular formula is C11H17N5O3S. The van der Waals surface area contributed by atoms with Crippen LogP contribution >= 0.6 is 11.8 Å². The lowest BCUT2D eigenvalue weighted by atomic mass is 10.4. The van der Waals surface area contributed by atoms with Crippen molar-refractivity contribution in [3.8, 4) is 0 Å². The lowest BCUT2D eigenvalue weighted by Gasteiger charge is -2.26. The Kier molecular flexibility index (Phi) is 5.36. The van der Waals surface area contributed by atoms with Crippen molar-refractivity contribution in [2.75, 3.05) is 49.8 Å². The Morgan fingerprint density at radius 1 is 1.40 bits per heavy atom. The molecule has 110 valence electrons. The highest BCUT2D eigenvalue weighted by molar-refractivity contribution is 7.99. The second kappa shape index (κ2) is 7.25. The lowest BCUT2D eigenvalue weighted by molar-refractivity contribution is -0.140. The number of hydrogen-bond acceptors (Lipinski definition) is 9. The first-order valence-corrected chi connectivity index (χ1v) is 7.21. The number of hydrogen-bond donors (Lipinski definition) is 1. The zero-order chi connectivity index (χ0) is 14.4. The molecule has 8 nitrogen and oxygen atoms in total. The molecule has 20 heavy (non-hydrogen) atoms. The van der Waals surface area contributed by atoms with E-state index in [2.05, 4.69) is 19.7 Å². The highest BCUT2D eigenvalue weighted by atomic mass is 32.2. The number of esters is 1. The highest BCUT2D eigenvalue weighted by Crippen LogP contribution is 2.19. The van der Waals surface area contributed by atoms with Crippen molar-refractivity contribution in [3.63, 3.8) is 0 Å². The zero-order valence-corrected chi connectivity index (χ0v) is 12.1. The fraction of sp³-hybridized carbons (Fsp3) is 0.636. The van der Waals surface area contributed by atoms with Gasteiger partial charge in [0, 0.05) is 18.8 Å². The van der Waals surface area contributed by atoms with Crippen molar-refractivity contribution in [3.05, 3.63) is 0 Å². The maximum Gasteiger partial charge on any atom is 0.306 e. The summed E-state index contributed by atoms with van der Waals surface area (Å²) >= 11 is 1.36. The molecule has 0 aliphatic carbocycles. The van der Waals surface area contributed by atoms with Crippen LogP contribution in [0.2, 0.25) is 0 Å². The van der Waals surface area contributed by atoms with Crippen LogP contribution in [0.15, 0.2) is 5.16 Å². The molecule has 0 bridgehead atoms. The number of ether oxygens (including phenoxy) is 2. The minimum absolute atomic E-state index is 0.182. The molecule has 1 aromatic rings. The number of nitrogens with zero attached hydrogens (tertiary/aromatic N) is 4. The Morgan fingerprint density at radius 3 is 2.85 bits per heavy atom. The highest BCUT2D eigenvalue weighted by Gasteiger charge is 2.16. The summed E-state index contributed by atoms with van der Waals surface area (Å²) < 4.78 is 9.86. The minimum Gasteiger partial charge on any atom is -0.469 e. The summed E-state index contributed by atoms with van der Waals surface area (Å²) in [7, 11) is 1.37. The number of rotatable bonds is 5. The van der Waals surface area contributed by atoms with Gasteiger partial charge in [-0.2, -0.15) is 15.0 Å². The number of nitrogens with two attached hydrogens (primary N) is 1. The molecule has 1 aliphatic heterocycles. The first kappa shape index (κ1) is 14.8. The van der Waals surface area contributed by atoms with Crippen LogP contribution in [0.25, 0.3) is 0 Å². The number of methoxy groups -OCH3 is 1. The predicted molar refractivity (Wildman–Crippen MR) is 74.6 cm³/mol. The topological polar surface area (TPSA) is 103 Å². The summed E-state index contributed by atoms with van der Waals surface area (Å²) in [4.78, 5) is 25.6. The Balaban J connectivity index is 1.98. The van der Waals surface area contributed by atoms with E-state index in [1.807, 2.05) is 4.90 Å². The molecule has 9 heteroatoms. The molecule has 2 N–H and O–H groups in total. The average molecular weight is 299 g/mol. The van der Waals surface area contributed by atoms with Gasteiger partial charge in [0.1, 0.15) is 0 Å². The monoisotopic (exact) mass is 299 g/mol. The fourth-order valence-corrected chi connectivity index (χ4v) is 2.41. The number of carbonyl (C=O) groups excluding carboxylic acids is 1. The molecule has 1 fully saturated rings. The van der Waals surface area contributed by atoms with E-state index in [9.17, 15) is 4.79 Å². The minimum atomic E-state index is -0.257. The average Bonchev–Trinajstić information content (AvgIpc) is 2.47. The van der Waals surface area contributed by atoms with Gasteiger partial charge in [-0.3, -0.25) is 4.79 Å². The van der Waals surface area contributed by atoms with Gasteiger partial charge in [0.2, 0.25) is 11.9 Å². The Bertz CT molecular complexity index is 467. The summed E-state index contributed by atoms with van der Waals surface area (Å²) in [5, 5.41) is 0.517. The van der Waals surface area contributed by atoms with Crippen molar-refractivity contribution in [2.24, 2.45) is 0 Å². The molecule has 1 aromatic heterocycles. The Morgan fingerprint density at radius 2 is 2.15 bits per heavy atom. The first-order valence-electron chi connectivity index (χ1n) is 6.23. The van der Waals surface area contributed by atoms with Crippen LogP contribution < -0.4 is 10.6 Å². The van der Waals surface area contributed by atoms with Gasteiger partial charge in [-0.15, -0.1) is 0 Å². The number of anilines is 2. The van der Waals surface area contributed by atoms with Crippen molar-refractivity contribution < 1.29 is 14.3 Å². The molecule has 1 saturated heterocycles. The van der Waals surface area contributed by atoms with Crippen LogP contribution in [0.3, 0.4) is 0 Å². The Hall–Kier alpha value is -1.61. The standard InChI is InChI=1S/C11H17N5O3S/c1-18-8(17)2-7-20-11-14-9(12)13-10(15-11)16-3-5-19-6-4-16/h2-7H2,1H3,(H2,12,13,14,15). The SMILES string of the molecule is COC(=O)CCSc1nc(N)nc(N2CCOCC2)n1. The number of morpholine rings is 1. The molecule has 0 spiro atoms. The molecule has 0 amide bonds. The third-order valence-electron chi connectivity index (χ3n) is 2.68. The normalized spacial score (nSPS) is 15.2. The van der Waals surface area contributed by atoms with Gasteiger partial charge in [0.15, 0.2) is 5.16 Å². The van der Waals surface area contributed by atoms with Gasteiger partial charge in [-0.05, 0) is 0 Å². The van der Waals surface area contributed by atoms with Crippen LogP contribution in [0.1, 0.15) is 6.42 Å². The van der Waals surface area contributed by atoms with E-state index in [1.54, 1.807) is 0 Å². The van der Waals surface area contributed by atoms with Crippen LogP contribution in [-0.2, 0) is 14.3 Å².